The zero-order valence-corrected chi connectivity index (χ0v) is 9.96. The van der Waals surface area contributed by atoms with E-state index < -0.39 is 0 Å². The maximum Gasteiger partial charge on any atom is 0.0397 e. The topological polar surface area (TPSA) is 24.9 Å². The highest BCUT2D eigenvalue weighted by Gasteiger charge is 1.99. The number of aromatic nitrogens is 1. The number of nitrogens with zero attached hydrogens (tertiary/aromatic N) is 1. The van der Waals surface area contributed by atoms with E-state index in [9.17, 15) is 0 Å². The van der Waals surface area contributed by atoms with Crippen LogP contribution in [0.15, 0.2) is 35.9 Å². The molecule has 0 bridgehead atoms. The van der Waals surface area contributed by atoms with Gasteiger partial charge in [0, 0.05) is 23.6 Å². The number of allylic oxidation sites excluding steroid dienone is 2. The Morgan fingerprint density at radius 1 is 1.19 bits per heavy atom. The van der Waals surface area contributed by atoms with Gasteiger partial charge in [0.25, 0.3) is 0 Å². The predicted octanol–water partition coefficient (Wildman–Crippen LogP) is 3.39. The summed E-state index contributed by atoms with van der Waals surface area (Å²) in [6.45, 7) is 4.95. The van der Waals surface area contributed by atoms with Gasteiger partial charge in [0.2, 0.25) is 0 Å². The molecule has 16 heavy (non-hydrogen) atoms. The van der Waals surface area contributed by atoms with Crippen LogP contribution in [0.5, 0.6) is 0 Å². The maximum absolute atomic E-state index is 4.36. The van der Waals surface area contributed by atoms with Gasteiger partial charge in [0.15, 0.2) is 0 Å². The molecule has 1 N–H and O–H groups in total. The molecule has 2 heteroatoms. The van der Waals surface area contributed by atoms with Gasteiger partial charge >= 0.3 is 0 Å². The van der Waals surface area contributed by atoms with Crippen LogP contribution in [0.2, 0.25) is 0 Å². The largest absolute Gasteiger partial charge is 0.381 e. The first-order valence-electron chi connectivity index (χ1n) is 5.79. The Hall–Kier alpha value is -1.57. The van der Waals surface area contributed by atoms with Crippen LogP contribution in [0.4, 0.5) is 5.69 Å². The molecule has 0 saturated carbocycles. The summed E-state index contributed by atoms with van der Waals surface area (Å²) in [4.78, 5) is 4.36. The summed E-state index contributed by atoms with van der Waals surface area (Å²) >= 11 is 0. The average Bonchev–Trinajstić information content (AvgIpc) is 2.27. The highest BCUT2D eigenvalue weighted by atomic mass is 14.9. The van der Waals surface area contributed by atoms with E-state index in [-0.39, 0.29) is 0 Å². The van der Waals surface area contributed by atoms with Crippen molar-refractivity contribution < 1.29 is 0 Å². The lowest BCUT2D eigenvalue weighted by Crippen LogP contribution is -2.05. The van der Waals surface area contributed by atoms with Gasteiger partial charge in [-0.25, -0.2) is 0 Å². The molecule has 1 heterocycles. The van der Waals surface area contributed by atoms with Crippen molar-refractivity contribution in [2.24, 2.45) is 0 Å². The Kier molecular flexibility index (Phi) is 3.40. The summed E-state index contributed by atoms with van der Waals surface area (Å²) in [5.41, 5.74) is 4.66. The quantitative estimate of drug-likeness (QED) is 0.834. The van der Waals surface area contributed by atoms with Crippen molar-refractivity contribution in [3.63, 3.8) is 0 Å². The summed E-state index contributed by atoms with van der Waals surface area (Å²) < 4.78 is 0. The van der Waals surface area contributed by atoms with Gasteiger partial charge in [-0.05, 0) is 44.4 Å². The summed E-state index contributed by atoms with van der Waals surface area (Å²) in [7, 11) is 0. The van der Waals surface area contributed by atoms with Crippen molar-refractivity contribution in [2.75, 3.05) is 11.9 Å². The Balaban J connectivity index is 1.99. The smallest absolute Gasteiger partial charge is 0.0397 e. The minimum atomic E-state index is 0.902. The number of hydrogen-bond acceptors (Lipinski definition) is 2. The lowest BCUT2D eigenvalue weighted by molar-refractivity contribution is 1.00. The normalized spacial score (nSPS) is 14.8. The van der Waals surface area contributed by atoms with Crippen molar-refractivity contribution in [3.8, 4) is 0 Å². The first kappa shape index (κ1) is 10.9. The Morgan fingerprint density at radius 2 is 1.94 bits per heavy atom. The predicted molar refractivity (Wildman–Crippen MR) is 68.7 cm³/mol. The van der Waals surface area contributed by atoms with Crippen LogP contribution < -0.4 is 5.32 Å². The molecule has 1 aliphatic rings. The van der Waals surface area contributed by atoms with Gasteiger partial charge in [0.05, 0.1) is 0 Å². The highest BCUT2D eigenvalue weighted by Crippen LogP contribution is 2.13. The molecule has 0 atom stereocenters. The SMILES string of the molecule is Cc1cc(NCC2=CCCC=C2)cc(C)n1. The highest BCUT2D eigenvalue weighted by molar-refractivity contribution is 5.47. The number of rotatable bonds is 3. The fraction of sp³-hybridized carbons (Fsp3) is 0.357. The number of anilines is 1. The second kappa shape index (κ2) is 4.97. The minimum Gasteiger partial charge on any atom is -0.381 e. The Morgan fingerprint density at radius 3 is 2.56 bits per heavy atom. The summed E-state index contributed by atoms with van der Waals surface area (Å²) in [6, 6.07) is 4.17. The maximum atomic E-state index is 4.36. The number of nitrogens with one attached hydrogen (secondary N) is 1. The van der Waals surface area contributed by atoms with Crippen molar-refractivity contribution >= 4 is 5.69 Å². The molecule has 0 amide bonds. The van der Waals surface area contributed by atoms with Crippen LogP contribution in [0.1, 0.15) is 24.2 Å². The molecule has 0 fully saturated rings. The van der Waals surface area contributed by atoms with E-state index in [4.69, 9.17) is 0 Å². The standard InChI is InChI=1S/C14H18N2/c1-11-8-14(9-12(2)16-11)15-10-13-6-4-3-5-7-13/h4,6-9H,3,5,10H2,1-2H3,(H,15,16). The van der Waals surface area contributed by atoms with Crippen molar-refractivity contribution in [2.45, 2.75) is 26.7 Å². The lowest BCUT2D eigenvalue weighted by Gasteiger charge is -2.10. The van der Waals surface area contributed by atoms with Crippen LogP contribution in [-0.2, 0) is 0 Å². The van der Waals surface area contributed by atoms with E-state index in [1.165, 1.54) is 18.4 Å². The molecule has 0 aliphatic heterocycles. The zero-order valence-electron chi connectivity index (χ0n) is 9.96. The Bertz CT molecular complexity index is 410. The molecule has 0 aromatic carbocycles. The second-order valence-electron chi connectivity index (χ2n) is 4.25. The minimum absolute atomic E-state index is 0.902. The summed E-state index contributed by atoms with van der Waals surface area (Å²) in [5, 5.41) is 3.44. The van der Waals surface area contributed by atoms with Gasteiger partial charge < -0.3 is 5.32 Å². The van der Waals surface area contributed by atoms with Crippen molar-refractivity contribution in [1.29, 1.82) is 0 Å². The first-order valence-corrected chi connectivity index (χ1v) is 5.79. The molecular weight excluding hydrogens is 196 g/mol. The molecule has 0 saturated heterocycles. The molecule has 0 radical (unpaired) electrons. The van der Waals surface area contributed by atoms with Crippen molar-refractivity contribution in [1.82, 2.24) is 4.98 Å². The van der Waals surface area contributed by atoms with Gasteiger partial charge in [0.1, 0.15) is 0 Å². The third-order valence-corrected chi connectivity index (χ3v) is 2.65. The molecule has 2 rings (SSSR count). The van der Waals surface area contributed by atoms with Crippen molar-refractivity contribution in [3.05, 3.63) is 47.3 Å². The average molecular weight is 214 g/mol. The fourth-order valence-electron chi connectivity index (χ4n) is 1.94. The van der Waals surface area contributed by atoms with Crippen LogP contribution in [0.25, 0.3) is 0 Å². The van der Waals surface area contributed by atoms with Gasteiger partial charge in [-0.3, -0.25) is 4.98 Å². The lowest BCUT2D eigenvalue weighted by atomic mass is 10.1. The van der Waals surface area contributed by atoms with E-state index in [1.807, 2.05) is 13.8 Å². The second-order valence-corrected chi connectivity index (χ2v) is 4.25. The molecule has 1 aliphatic carbocycles. The first-order chi connectivity index (χ1) is 7.74. The molecule has 1 aromatic rings. The van der Waals surface area contributed by atoms with E-state index in [0.717, 1.165) is 23.6 Å². The fourth-order valence-corrected chi connectivity index (χ4v) is 1.94. The van der Waals surface area contributed by atoms with Gasteiger partial charge in [-0.1, -0.05) is 18.2 Å². The monoisotopic (exact) mass is 214 g/mol. The third kappa shape index (κ3) is 2.96. The molecular formula is C14H18N2. The summed E-state index contributed by atoms with van der Waals surface area (Å²) in [5.74, 6) is 0. The molecule has 84 valence electrons. The number of pyridine rings is 1. The zero-order chi connectivity index (χ0) is 11.4. The van der Waals surface area contributed by atoms with Gasteiger partial charge in [-0.2, -0.15) is 0 Å². The van der Waals surface area contributed by atoms with Gasteiger partial charge in [-0.15, -0.1) is 0 Å². The number of hydrogen-bond donors (Lipinski definition) is 1. The van der Waals surface area contributed by atoms with Crippen LogP contribution >= 0.6 is 0 Å². The molecule has 1 aromatic heterocycles. The number of aryl methyl sites for hydroxylation is 2. The molecule has 0 unspecified atom stereocenters. The summed E-state index contributed by atoms with van der Waals surface area (Å²) in [6.07, 6.45) is 9.09. The van der Waals surface area contributed by atoms with Crippen LogP contribution in [0.3, 0.4) is 0 Å². The molecule has 2 nitrogen and oxygen atoms in total. The van der Waals surface area contributed by atoms with Crippen LogP contribution in [-0.4, -0.2) is 11.5 Å². The van der Waals surface area contributed by atoms with E-state index in [0.29, 0.717) is 0 Å². The van der Waals surface area contributed by atoms with Crippen LogP contribution in [0, 0.1) is 13.8 Å². The molecule has 0 spiro atoms. The third-order valence-electron chi connectivity index (χ3n) is 2.65. The Labute approximate surface area is 97.1 Å². The van der Waals surface area contributed by atoms with E-state index in [2.05, 4.69) is 40.7 Å². The van der Waals surface area contributed by atoms with E-state index in [1.54, 1.807) is 0 Å². The van der Waals surface area contributed by atoms with E-state index >= 15 is 0 Å².